The molecule has 1 aromatic rings. The van der Waals surface area contributed by atoms with Crippen molar-refractivity contribution in [2.75, 3.05) is 5.33 Å². The average molecular weight is 332 g/mol. The summed E-state index contributed by atoms with van der Waals surface area (Å²) in [6.07, 6.45) is 0.920. The third-order valence-corrected chi connectivity index (χ3v) is 4.66. The first kappa shape index (κ1) is 10.7. The minimum Gasteiger partial charge on any atom is -0.303 e. The molecule has 1 unspecified atom stereocenters. The van der Waals surface area contributed by atoms with Crippen LogP contribution in [0.1, 0.15) is 10.8 Å². The van der Waals surface area contributed by atoms with Gasteiger partial charge in [-0.15, -0.1) is 11.3 Å². The van der Waals surface area contributed by atoms with Gasteiger partial charge in [-0.3, -0.25) is 0 Å². The van der Waals surface area contributed by atoms with Gasteiger partial charge in [0, 0.05) is 14.7 Å². The number of thiophene rings is 1. The normalized spacial score (nSPS) is 12.9. The fourth-order valence-corrected chi connectivity index (χ4v) is 3.23. The van der Waals surface area contributed by atoms with Gasteiger partial charge < -0.3 is 4.79 Å². The smallest absolute Gasteiger partial charge is 0.129 e. The number of hydrogen-bond donors (Lipinski definition) is 0. The van der Waals surface area contributed by atoms with Crippen LogP contribution in [0.15, 0.2) is 10.5 Å². The van der Waals surface area contributed by atoms with Gasteiger partial charge in [0.1, 0.15) is 10.6 Å². The Morgan fingerprint density at radius 2 is 2.42 bits per heavy atom. The van der Waals surface area contributed by atoms with Gasteiger partial charge in [0.25, 0.3) is 0 Å². The van der Waals surface area contributed by atoms with E-state index in [1.807, 2.05) is 6.07 Å². The molecule has 0 aliphatic heterocycles. The summed E-state index contributed by atoms with van der Waals surface area (Å²) in [6, 6.07) is 1.88. The number of rotatable bonds is 3. The quantitative estimate of drug-likeness (QED) is 0.607. The van der Waals surface area contributed by atoms with Crippen LogP contribution in [0.4, 0.5) is 0 Å². The zero-order valence-corrected chi connectivity index (χ0v) is 10.6. The van der Waals surface area contributed by atoms with E-state index in [1.165, 1.54) is 11.3 Å². The second kappa shape index (κ2) is 4.74. The Labute approximate surface area is 96.4 Å². The van der Waals surface area contributed by atoms with E-state index >= 15 is 0 Å². The zero-order chi connectivity index (χ0) is 9.14. The van der Waals surface area contributed by atoms with Gasteiger partial charge in [-0.25, -0.2) is 0 Å². The van der Waals surface area contributed by atoms with Crippen LogP contribution < -0.4 is 0 Å². The number of hydrogen-bond acceptors (Lipinski definition) is 2. The first-order valence-corrected chi connectivity index (χ1v) is 6.26. The van der Waals surface area contributed by atoms with Crippen LogP contribution in [0.25, 0.3) is 0 Å². The molecule has 1 heterocycles. The molecule has 0 aliphatic rings. The lowest BCUT2D eigenvalue weighted by molar-refractivity contribution is -0.108. The van der Waals surface area contributed by atoms with Crippen molar-refractivity contribution in [3.05, 3.63) is 19.8 Å². The molecule has 0 aromatic carbocycles. The van der Waals surface area contributed by atoms with Crippen molar-refractivity contribution in [1.29, 1.82) is 0 Å². The highest BCUT2D eigenvalue weighted by molar-refractivity contribution is 9.10. The molecule has 1 aromatic heterocycles. The average Bonchev–Trinajstić information content (AvgIpc) is 2.35. The molecule has 0 saturated heterocycles. The number of carbonyl (C=O) groups is 1. The van der Waals surface area contributed by atoms with Crippen molar-refractivity contribution >= 4 is 61.1 Å². The van der Waals surface area contributed by atoms with E-state index in [-0.39, 0.29) is 5.92 Å². The molecular weight excluding hydrogens is 327 g/mol. The Morgan fingerprint density at radius 3 is 2.75 bits per heavy atom. The van der Waals surface area contributed by atoms with E-state index in [4.69, 9.17) is 11.6 Å². The Morgan fingerprint density at radius 1 is 1.75 bits per heavy atom. The van der Waals surface area contributed by atoms with Crippen LogP contribution in [0.3, 0.4) is 0 Å². The molecule has 66 valence electrons. The van der Waals surface area contributed by atoms with E-state index in [0.717, 1.165) is 15.6 Å². The van der Waals surface area contributed by atoms with Crippen LogP contribution in [0, 0.1) is 0 Å². The lowest BCUT2D eigenvalue weighted by Gasteiger charge is -1.99. The summed E-state index contributed by atoms with van der Waals surface area (Å²) < 4.78 is 1.55. The molecule has 0 spiro atoms. The van der Waals surface area contributed by atoms with Gasteiger partial charge in [-0.1, -0.05) is 27.5 Å². The number of alkyl halides is 1. The molecule has 0 amide bonds. The van der Waals surface area contributed by atoms with Gasteiger partial charge in [0.2, 0.25) is 0 Å². The van der Waals surface area contributed by atoms with Gasteiger partial charge in [0.05, 0.1) is 5.92 Å². The summed E-state index contributed by atoms with van der Waals surface area (Å²) in [4.78, 5) is 11.6. The third kappa shape index (κ3) is 2.31. The molecule has 1 rings (SSSR count). The monoisotopic (exact) mass is 330 g/mol. The minimum atomic E-state index is -0.0844. The van der Waals surface area contributed by atoms with Crippen molar-refractivity contribution in [1.82, 2.24) is 0 Å². The minimum absolute atomic E-state index is 0.0844. The number of aldehydes is 1. The standard InChI is InChI=1S/C7H5Br2ClOS/c8-2-4(3-11)6-1-5(9)7(10)12-6/h1,3-4H,2H2. The number of carbonyl (C=O) groups excluding carboxylic acids is 1. The van der Waals surface area contributed by atoms with Crippen LogP contribution in [-0.4, -0.2) is 11.6 Å². The fourth-order valence-electron chi connectivity index (χ4n) is 0.726. The maximum atomic E-state index is 10.6. The molecule has 0 bridgehead atoms. The van der Waals surface area contributed by atoms with Gasteiger partial charge >= 0.3 is 0 Å². The Balaban J connectivity index is 2.94. The predicted octanol–water partition coefficient (Wildman–Crippen LogP) is 3.84. The summed E-state index contributed by atoms with van der Waals surface area (Å²) in [5.74, 6) is -0.0844. The molecule has 1 atom stereocenters. The van der Waals surface area contributed by atoms with Crippen molar-refractivity contribution < 1.29 is 4.79 Å². The van der Waals surface area contributed by atoms with Crippen molar-refractivity contribution in [3.63, 3.8) is 0 Å². The highest BCUT2D eigenvalue weighted by Gasteiger charge is 2.13. The topological polar surface area (TPSA) is 17.1 Å². The van der Waals surface area contributed by atoms with Gasteiger partial charge in [0.15, 0.2) is 0 Å². The SMILES string of the molecule is O=CC(CBr)c1cc(Br)c(Cl)s1. The number of halogens is 3. The molecular formula is C7H5Br2ClOS. The second-order valence-electron chi connectivity index (χ2n) is 2.17. The van der Waals surface area contributed by atoms with E-state index in [9.17, 15) is 4.79 Å². The molecule has 0 aliphatic carbocycles. The Bertz CT molecular complexity index is 267. The van der Waals surface area contributed by atoms with Crippen molar-refractivity contribution in [2.45, 2.75) is 5.92 Å². The molecule has 12 heavy (non-hydrogen) atoms. The highest BCUT2D eigenvalue weighted by Crippen LogP contribution is 2.35. The third-order valence-electron chi connectivity index (χ3n) is 1.36. The van der Waals surface area contributed by atoms with Crippen LogP contribution >= 0.6 is 54.8 Å². The predicted molar refractivity (Wildman–Crippen MR) is 59.6 cm³/mol. The summed E-state index contributed by atoms with van der Waals surface area (Å²) >= 11 is 13.8. The molecule has 0 N–H and O–H groups in total. The Hall–Kier alpha value is 0.620. The maximum Gasteiger partial charge on any atom is 0.129 e. The van der Waals surface area contributed by atoms with Crippen molar-refractivity contribution in [2.24, 2.45) is 0 Å². The molecule has 1 nitrogen and oxygen atoms in total. The largest absolute Gasteiger partial charge is 0.303 e. The lowest BCUT2D eigenvalue weighted by atomic mass is 10.2. The van der Waals surface area contributed by atoms with Crippen LogP contribution in [-0.2, 0) is 4.79 Å². The molecule has 5 heteroatoms. The first-order valence-electron chi connectivity index (χ1n) is 3.15. The maximum absolute atomic E-state index is 10.6. The zero-order valence-electron chi connectivity index (χ0n) is 5.89. The lowest BCUT2D eigenvalue weighted by Crippen LogP contribution is -1.97. The van der Waals surface area contributed by atoms with Gasteiger partial charge in [-0.05, 0) is 22.0 Å². The highest BCUT2D eigenvalue weighted by atomic mass is 79.9. The summed E-state index contributed by atoms with van der Waals surface area (Å²) in [6.45, 7) is 0. The van der Waals surface area contributed by atoms with E-state index in [1.54, 1.807) is 0 Å². The summed E-state index contributed by atoms with van der Waals surface area (Å²) in [7, 11) is 0. The molecule has 0 saturated carbocycles. The van der Waals surface area contributed by atoms with E-state index in [0.29, 0.717) is 9.67 Å². The fraction of sp³-hybridized carbons (Fsp3) is 0.286. The van der Waals surface area contributed by atoms with Crippen LogP contribution in [0.5, 0.6) is 0 Å². The molecule has 0 radical (unpaired) electrons. The van der Waals surface area contributed by atoms with Gasteiger partial charge in [-0.2, -0.15) is 0 Å². The van der Waals surface area contributed by atoms with E-state index < -0.39 is 0 Å². The summed E-state index contributed by atoms with van der Waals surface area (Å²) in [5, 5.41) is 0.639. The van der Waals surface area contributed by atoms with E-state index in [2.05, 4.69) is 31.9 Å². The molecule has 0 fully saturated rings. The van der Waals surface area contributed by atoms with Crippen molar-refractivity contribution in [3.8, 4) is 0 Å². The Kier molecular flexibility index (Phi) is 4.23. The first-order chi connectivity index (χ1) is 5.69. The second-order valence-corrected chi connectivity index (χ2v) is 5.35. The van der Waals surface area contributed by atoms with Crippen LogP contribution in [0.2, 0.25) is 4.34 Å². The summed E-state index contributed by atoms with van der Waals surface area (Å²) in [5.41, 5.74) is 0.